The Balaban J connectivity index is 2.39. The number of methoxy groups -OCH3 is 1. The van der Waals surface area contributed by atoms with Gasteiger partial charge in [0, 0.05) is 25.1 Å². The van der Waals surface area contributed by atoms with E-state index < -0.39 is 5.41 Å². The van der Waals surface area contributed by atoms with Crippen molar-refractivity contribution < 1.29 is 14.6 Å². The van der Waals surface area contributed by atoms with Gasteiger partial charge >= 0.3 is 0 Å². The largest absolute Gasteiger partial charge is 0.504 e. The molecule has 2 rings (SSSR count). The summed E-state index contributed by atoms with van der Waals surface area (Å²) in [7, 11) is 3.13. The van der Waals surface area contributed by atoms with E-state index in [0.29, 0.717) is 12.2 Å². The van der Waals surface area contributed by atoms with Crippen LogP contribution in [-0.2, 0) is 10.2 Å². The molecule has 1 atom stereocenters. The second-order valence-electron chi connectivity index (χ2n) is 4.64. The molecule has 1 aliphatic rings. The Morgan fingerprint density at radius 3 is 2.78 bits per heavy atom. The summed E-state index contributed by atoms with van der Waals surface area (Å²) in [6.45, 7) is 1.92. The van der Waals surface area contributed by atoms with E-state index >= 15 is 0 Å². The van der Waals surface area contributed by atoms with Gasteiger partial charge in [0.25, 0.3) is 0 Å². The van der Waals surface area contributed by atoms with Crippen LogP contribution in [0.5, 0.6) is 11.5 Å². The van der Waals surface area contributed by atoms with E-state index in [9.17, 15) is 9.90 Å². The molecule has 0 bridgehead atoms. The molecule has 1 heterocycles. The van der Waals surface area contributed by atoms with Gasteiger partial charge in [-0.1, -0.05) is 6.07 Å². The Morgan fingerprint density at radius 1 is 1.50 bits per heavy atom. The van der Waals surface area contributed by atoms with Gasteiger partial charge in [-0.3, -0.25) is 4.79 Å². The van der Waals surface area contributed by atoms with E-state index in [4.69, 9.17) is 4.74 Å². The molecule has 1 aromatic rings. The average molecular weight is 248 g/mol. The van der Waals surface area contributed by atoms with Crippen LogP contribution in [-0.4, -0.2) is 36.4 Å². The van der Waals surface area contributed by atoms with Crippen molar-refractivity contribution in [3.05, 3.63) is 23.8 Å². The highest BCUT2D eigenvalue weighted by Gasteiger charge is 2.33. The molecule has 0 aromatic heterocycles. The van der Waals surface area contributed by atoms with Crippen LogP contribution in [0, 0.1) is 0 Å². The first-order valence-electron chi connectivity index (χ1n) is 5.65. The molecule has 18 heavy (non-hydrogen) atoms. The van der Waals surface area contributed by atoms with Crippen molar-refractivity contribution in [2.75, 3.05) is 14.2 Å². The van der Waals surface area contributed by atoms with E-state index in [2.05, 4.69) is 5.10 Å². The Morgan fingerprint density at radius 2 is 2.22 bits per heavy atom. The average Bonchev–Trinajstić information content (AvgIpc) is 2.34. The summed E-state index contributed by atoms with van der Waals surface area (Å²) in [6.07, 6.45) is 2.06. The number of amides is 1. The second kappa shape index (κ2) is 4.33. The SMILES string of the molecule is COc1ccc(C2(C)C=NN(C)C(=O)C2)cc1O. The topological polar surface area (TPSA) is 62.1 Å². The molecule has 0 fully saturated rings. The zero-order valence-electron chi connectivity index (χ0n) is 10.7. The third kappa shape index (κ3) is 2.03. The van der Waals surface area contributed by atoms with Gasteiger partial charge in [0.05, 0.1) is 7.11 Å². The summed E-state index contributed by atoms with van der Waals surface area (Å²) in [4.78, 5) is 11.7. The fourth-order valence-electron chi connectivity index (χ4n) is 1.97. The van der Waals surface area contributed by atoms with E-state index in [-0.39, 0.29) is 11.7 Å². The lowest BCUT2D eigenvalue weighted by Crippen LogP contribution is -2.38. The van der Waals surface area contributed by atoms with E-state index in [0.717, 1.165) is 5.56 Å². The van der Waals surface area contributed by atoms with Gasteiger partial charge in [-0.2, -0.15) is 5.10 Å². The fraction of sp³-hybridized carbons (Fsp3) is 0.385. The number of rotatable bonds is 2. The molecular formula is C13H16N2O3. The highest BCUT2D eigenvalue weighted by molar-refractivity contribution is 5.89. The molecule has 0 aliphatic carbocycles. The monoisotopic (exact) mass is 248 g/mol. The maximum Gasteiger partial charge on any atom is 0.243 e. The molecule has 0 radical (unpaired) electrons. The van der Waals surface area contributed by atoms with Crippen LogP contribution in [0.4, 0.5) is 0 Å². The summed E-state index contributed by atoms with van der Waals surface area (Å²) < 4.78 is 5.00. The van der Waals surface area contributed by atoms with Gasteiger partial charge in [-0.25, -0.2) is 5.01 Å². The number of nitrogens with zero attached hydrogens (tertiary/aromatic N) is 2. The molecule has 1 aliphatic heterocycles. The zero-order valence-corrected chi connectivity index (χ0v) is 10.7. The number of phenols is 1. The highest BCUT2D eigenvalue weighted by atomic mass is 16.5. The lowest BCUT2D eigenvalue weighted by molar-refractivity contribution is -0.131. The summed E-state index contributed by atoms with van der Waals surface area (Å²) in [5, 5.41) is 15.2. The number of hydrogen-bond donors (Lipinski definition) is 1. The minimum Gasteiger partial charge on any atom is -0.504 e. The standard InChI is InChI=1S/C13H16N2O3/c1-13(7-12(17)15(2)14-8-13)9-4-5-11(18-3)10(16)6-9/h4-6,8,16H,7H2,1-3H3. The van der Waals surface area contributed by atoms with Crippen LogP contribution in [0.3, 0.4) is 0 Å². The van der Waals surface area contributed by atoms with Crippen molar-refractivity contribution in [1.29, 1.82) is 0 Å². The summed E-state index contributed by atoms with van der Waals surface area (Å²) >= 11 is 0. The van der Waals surface area contributed by atoms with Gasteiger partial charge in [-0.15, -0.1) is 0 Å². The minimum atomic E-state index is -0.493. The third-order valence-electron chi connectivity index (χ3n) is 3.23. The normalized spacial score (nSPS) is 23.3. The molecule has 0 saturated heterocycles. The van der Waals surface area contributed by atoms with Crippen molar-refractivity contribution in [2.45, 2.75) is 18.8 Å². The molecule has 1 N–H and O–H groups in total. The lowest BCUT2D eigenvalue weighted by Gasteiger charge is -2.31. The van der Waals surface area contributed by atoms with Crippen molar-refractivity contribution >= 4 is 12.1 Å². The number of phenolic OH excluding ortho intramolecular Hbond substituents is 1. The van der Waals surface area contributed by atoms with Gasteiger partial charge in [0.2, 0.25) is 5.91 Å². The van der Waals surface area contributed by atoms with E-state index in [1.54, 1.807) is 25.4 Å². The Hall–Kier alpha value is -2.04. The van der Waals surface area contributed by atoms with Crippen molar-refractivity contribution in [2.24, 2.45) is 5.10 Å². The number of ether oxygens (including phenoxy) is 1. The highest BCUT2D eigenvalue weighted by Crippen LogP contribution is 2.35. The number of hydrogen-bond acceptors (Lipinski definition) is 4. The second-order valence-corrected chi connectivity index (χ2v) is 4.64. The first kappa shape index (κ1) is 12.4. The molecule has 1 amide bonds. The third-order valence-corrected chi connectivity index (χ3v) is 3.23. The first-order chi connectivity index (χ1) is 8.46. The zero-order chi connectivity index (χ0) is 13.3. The van der Waals surface area contributed by atoms with Crippen LogP contribution in [0.25, 0.3) is 0 Å². The van der Waals surface area contributed by atoms with Gasteiger partial charge < -0.3 is 9.84 Å². The predicted octanol–water partition coefficient (Wildman–Crippen LogP) is 1.51. The molecule has 0 saturated carbocycles. The molecule has 5 heteroatoms. The molecule has 96 valence electrons. The lowest BCUT2D eigenvalue weighted by atomic mass is 9.79. The number of aromatic hydroxyl groups is 1. The van der Waals surface area contributed by atoms with Crippen molar-refractivity contribution in [3.8, 4) is 11.5 Å². The predicted molar refractivity (Wildman–Crippen MR) is 67.9 cm³/mol. The Bertz CT molecular complexity index is 513. The minimum absolute atomic E-state index is 0.0460. The molecule has 1 aromatic carbocycles. The smallest absolute Gasteiger partial charge is 0.243 e. The van der Waals surface area contributed by atoms with Crippen molar-refractivity contribution in [3.63, 3.8) is 0 Å². The number of carbonyl (C=O) groups is 1. The van der Waals surface area contributed by atoms with Crippen LogP contribution in [0.15, 0.2) is 23.3 Å². The van der Waals surface area contributed by atoms with Crippen LogP contribution in [0.1, 0.15) is 18.9 Å². The Kier molecular flexibility index (Phi) is 2.98. The van der Waals surface area contributed by atoms with Crippen LogP contribution >= 0.6 is 0 Å². The van der Waals surface area contributed by atoms with Crippen molar-refractivity contribution in [1.82, 2.24) is 5.01 Å². The van der Waals surface area contributed by atoms with E-state index in [1.807, 2.05) is 13.0 Å². The Labute approximate surface area is 106 Å². The molecule has 1 unspecified atom stereocenters. The molecule has 5 nitrogen and oxygen atoms in total. The molecule has 0 spiro atoms. The quantitative estimate of drug-likeness (QED) is 0.862. The van der Waals surface area contributed by atoms with E-state index in [1.165, 1.54) is 12.1 Å². The van der Waals surface area contributed by atoms with Crippen LogP contribution < -0.4 is 4.74 Å². The van der Waals surface area contributed by atoms with Gasteiger partial charge in [0.1, 0.15) is 0 Å². The maximum atomic E-state index is 11.7. The fourth-order valence-corrected chi connectivity index (χ4v) is 1.97. The van der Waals surface area contributed by atoms with Gasteiger partial charge in [-0.05, 0) is 24.6 Å². The maximum absolute atomic E-state index is 11.7. The van der Waals surface area contributed by atoms with Gasteiger partial charge in [0.15, 0.2) is 11.5 Å². The van der Waals surface area contributed by atoms with Crippen LogP contribution in [0.2, 0.25) is 0 Å². The first-order valence-corrected chi connectivity index (χ1v) is 5.65. The number of benzene rings is 1. The number of carbonyl (C=O) groups excluding carboxylic acids is 1. The summed E-state index contributed by atoms with van der Waals surface area (Å²) in [5.41, 5.74) is 0.346. The summed E-state index contributed by atoms with van der Waals surface area (Å²) in [5.74, 6) is 0.435. The number of hydrazone groups is 1. The summed E-state index contributed by atoms with van der Waals surface area (Å²) in [6, 6.07) is 5.14. The molecular weight excluding hydrogens is 232 g/mol.